The van der Waals surface area contributed by atoms with Crippen LogP contribution in [0.25, 0.3) is 0 Å². The molecule has 1 N–H and O–H groups in total. The van der Waals surface area contributed by atoms with Gasteiger partial charge in [-0.25, -0.2) is 8.78 Å². The molecule has 0 unspecified atom stereocenters. The molecule has 2 aromatic rings. The summed E-state index contributed by atoms with van der Waals surface area (Å²) >= 11 is 5.90. The first-order valence-corrected chi connectivity index (χ1v) is 7.39. The Morgan fingerprint density at radius 2 is 1.86 bits per heavy atom. The highest BCUT2D eigenvalue weighted by Crippen LogP contribution is 2.41. The molecule has 0 atom stereocenters. The van der Waals surface area contributed by atoms with E-state index in [0.29, 0.717) is 5.92 Å². The van der Waals surface area contributed by atoms with Crippen LogP contribution in [0.15, 0.2) is 36.4 Å². The highest BCUT2D eigenvalue weighted by Gasteiger charge is 2.31. The van der Waals surface area contributed by atoms with Gasteiger partial charge >= 0.3 is 0 Å². The smallest absolute Gasteiger partial charge is 0.150 e. The van der Waals surface area contributed by atoms with Crippen molar-refractivity contribution in [3.8, 4) is 0 Å². The SMILES string of the molecule is Cc1ccccc1C1CC(Nc2c(F)cc(F)cc2Cl)C1. The topological polar surface area (TPSA) is 12.0 Å². The molecule has 0 aromatic heterocycles. The predicted molar refractivity (Wildman–Crippen MR) is 81.9 cm³/mol. The molecule has 0 bridgehead atoms. The second kappa shape index (κ2) is 5.64. The van der Waals surface area contributed by atoms with Gasteiger partial charge in [-0.1, -0.05) is 35.9 Å². The van der Waals surface area contributed by atoms with E-state index >= 15 is 0 Å². The summed E-state index contributed by atoms with van der Waals surface area (Å²) in [6.07, 6.45) is 1.86. The molecule has 110 valence electrons. The Balaban J connectivity index is 1.67. The van der Waals surface area contributed by atoms with Gasteiger partial charge in [0.2, 0.25) is 0 Å². The van der Waals surface area contributed by atoms with E-state index in [1.54, 1.807) is 0 Å². The van der Waals surface area contributed by atoms with Gasteiger partial charge in [0.25, 0.3) is 0 Å². The molecule has 3 rings (SSSR count). The third-order valence-corrected chi connectivity index (χ3v) is 4.42. The van der Waals surface area contributed by atoms with E-state index in [0.717, 1.165) is 25.0 Å². The standard InChI is InChI=1S/C17H16ClF2N/c1-10-4-2-3-5-14(10)11-6-13(7-11)21-17-15(18)8-12(19)9-16(17)20/h2-5,8-9,11,13,21H,6-7H2,1H3. The number of benzene rings is 2. The Morgan fingerprint density at radius 1 is 1.14 bits per heavy atom. The first-order chi connectivity index (χ1) is 10.0. The van der Waals surface area contributed by atoms with E-state index in [-0.39, 0.29) is 16.8 Å². The number of anilines is 1. The Labute approximate surface area is 127 Å². The van der Waals surface area contributed by atoms with Crippen molar-refractivity contribution >= 4 is 17.3 Å². The lowest BCUT2D eigenvalue weighted by Gasteiger charge is -2.37. The third-order valence-electron chi connectivity index (χ3n) is 4.12. The van der Waals surface area contributed by atoms with Gasteiger partial charge < -0.3 is 5.32 Å². The summed E-state index contributed by atoms with van der Waals surface area (Å²) < 4.78 is 26.7. The van der Waals surface area contributed by atoms with E-state index in [1.807, 2.05) is 12.1 Å². The predicted octanol–water partition coefficient (Wildman–Crippen LogP) is 5.28. The van der Waals surface area contributed by atoms with Gasteiger partial charge in [-0.05, 0) is 42.9 Å². The molecule has 21 heavy (non-hydrogen) atoms. The van der Waals surface area contributed by atoms with Crippen LogP contribution >= 0.6 is 11.6 Å². The summed E-state index contributed by atoms with van der Waals surface area (Å²) in [5.74, 6) is -0.806. The number of hydrogen-bond acceptors (Lipinski definition) is 1. The Kier molecular flexibility index (Phi) is 3.85. The minimum Gasteiger partial charge on any atom is -0.379 e. The fourth-order valence-electron chi connectivity index (χ4n) is 2.92. The van der Waals surface area contributed by atoms with Crippen LogP contribution in [-0.2, 0) is 0 Å². The molecular formula is C17H16ClF2N. The largest absolute Gasteiger partial charge is 0.379 e. The summed E-state index contributed by atoms with van der Waals surface area (Å²) in [7, 11) is 0. The Hall–Kier alpha value is -1.61. The minimum absolute atomic E-state index is 0.0897. The molecule has 1 nitrogen and oxygen atoms in total. The summed E-state index contributed by atoms with van der Waals surface area (Å²) in [4.78, 5) is 0. The number of aryl methyl sites for hydroxylation is 1. The number of nitrogens with one attached hydrogen (secondary N) is 1. The van der Waals surface area contributed by atoms with E-state index in [9.17, 15) is 8.78 Å². The van der Waals surface area contributed by atoms with Crippen molar-refractivity contribution in [1.82, 2.24) is 0 Å². The van der Waals surface area contributed by atoms with Gasteiger partial charge in [0, 0.05) is 12.1 Å². The van der Waals surface area contributed by atoms with E-state index in [2.05, 4.69) is 24.4 Å². The molecule has 2 aromatic carbocycles. The maximum atomic E-state index is 13.7. The average Bonchev–Trinajstić information content (AvgIpc) is 2.37. The van der Waals surface area contributed by atoms with Gasteiger partial charge in [0.15, 0.2) is 5.82 Å². The zero-order chi connectivity index (χ0) is 15.0. The fraction of sp³-hybridized carbons (Fsp3) is 0.294. The summed E-state index contributed by atoms with van der Waals surface area (Å²) in [6, 6.07) is 10.5. The van der Waals surface area contributed by atoms with Gasteiger partial charge in [-0.15, -0.1) is 0 Å². The first kappa shape index (κ1) is 14.3. The monoisotopic (exact) mass is 307 g/mol. The van der Waals surface area contributed by atoms with Gasteiger partial charge in [-0.3, -0.25) is 0 Å². The van der Waals surface area contributed by atoms with Gasteiger partial charge in [-0.2, -0.15) is 0 Å². The van der Waals surface area contributed by atoms with Crippen molar-refractivity contribution in [2.45, 2.75) is 31.7 Å². The molecular weight excluding hydrogens is 292 g/mol. The van der Waals surface area contributed by atoms with Crippen LogP contribution in [0.4, 0.5) is 14.5 Å². The van der Waals surface area contributed by atoms with Crippen LogP contribution in [0, 0.1) is 18.6 Å². The highest BCUT2D eigenvalue weighted by atomic mass is 35.5. The lowest BCUT2D eigenvalue weighted by molar-refractivity contribution is 0.371. The molecule has 1 aliphatic rings. The van der Waals surface area contributed by atoms with Gasteiger partial charge in [0.05, 0.1) is 10.7 Å². The van der Waals surface area contributed by atoms with Crippen LogP contribution in [-0.4, -0.2) is 6.04 Å². The number of halogens is 3. The van der Waals surface area contributed by atoms with E-state index in [1.165, 1.54) is 11.1 Å². The third kappa shape index (κ3) is 2.88. The molecule has 0 saturated heterocycles. The van der Waals surface area contributed by atoms with Gasteiger partial charge in [0.1, 0.15) is 5.82 Å². The van der Waals surface area contributed by atoms with Crippen molar-refractivity contribution in [3.05, 3.63) is 64.2 Å². The van der Waals surface area contributed by atoms with Crippen molar-refractivity contribution in [3.63, 3.8) is 0 Å². The molecule has 0 aliphatic heterocycles. The molecule has 1 saturated carbocycles. The van der Waals surface area contributed by atoms with Crippen LogP contribution in [0.2, 0.25) is 5.02 Å². The molecule has 0 spiro atoms. The highest BCUT2D eigenvalue weighted by molar-refractivity contribution is 6.33. The second-order valence-corrected chi connectivity index (χ2v) is 6.02. The lowest BCUT2D eigenvalue weighted by Crippen LogP contribution is -2.34. The normalized spacial score (nSPS) is 21.0. The summed E-state index contributed by atoms with van der Waals surface area (Å²) in [6.45, 7) is 2.10. The minimum atomic E-state index is -0.658. The Bertz CT molecular complexity index is 643. The maximum absolute atomic E-state index is 13.7. The lowest BCUT2D eigenvalue weighted by atomic mass is 9.74. The molecule has 0 radical (unpaired) electrons. The first-order valence-electron chi connectivity index (χ1n) is 7.01. The molecule has 1 fully saturated rings. The van der Waals surface area contributed by atoms with Crippen molar-refractivity contribution in [2.75, 3.05) is 5.32 Å². The average molecular weight is 308 g/mol. The number of hydrogen-bond donors (Lipinski definition) is 1. The Morgan fingerprint density at radius 3 is 2.52 bits per heavy atom. The van der Waals surface area contributed by atoms with E-state index in [4.69, 9.17) is 11.6 Å². The zero-order valence-electron chi connectivity index (χ0n) is 11.7. The summed E-state index contributed by atoms with van der Waals surface area (Å²) in [5, 5.41) is 3.18. The molecule has 1 aliphatic carbocycles. The number of rotatable bonds is 3. The molecule has 0 heterocycles. The zero-order valence-corrected chi connectivity index (χ0v) is 12.4. The van der Waals surface area contributed by atoms with Crippen LogP contribution < -0.4 is 5.32 Å². The van der Waals surface area contributed by atoms with Crippen molar-refractivity contribution in [1.29, 1.82) is 0 Å². The molecule has 0 amide bonds. The van der Waals surface area contributed by atoms with Crippen LogP contribution in [0.5, 0.6) is 0 Å². The van der Waals surface area contributed by atoms with E-state index < -0.39 is 11.6 Å². The fourth-order valence-corrected chi connectivity index (χ4v) is 3.17. The van der Waals surface area contributed by atoms with Crippen LogP contribution in [0.1, 0.15) is 29.9 Å². The van der Waals surface area contributed by atoms with Crippen LogP contribution in [0.3, 0.4) is 0 Å². The maximum Gasteiger partial charge on any atom is 0.150 e. The second-order valence-electron chi connectivity index (χ2n) is 5.61. The quantitative estimate of drug-likeness (QED) is 0.813. The molecule has 4 heteroatoms. The summed E-state index contributed by atoms with van der Waals surface area (Å²) in [5.41, 5.74) is 2.83. The van der Waals surface area contributed by atoms with Crippen molar-refractivity contribution < 1.29 is 8.78 Å². The van der Waals surface area contributed by atoms with Crippen molar-refractivity contribution in [2.24, 2.45) is 0 Å².